The minimum atomic E-state index is -0.187. The molecule has 1 N–H and O–H groups in total. The maximum atomic E-state index is 9.78. The largest absolute Gasteiger partial charge is 0.493 e. The van der Waals surface area contributed by atoms with Gasteiger partial charge in [-0.2, -0.15) is 0 Å². The second-order valence-corrected chi connectivity index (χ2v) is 5.54. The second-order valence-electron chi connectivity index (χ2n) is 4.69. The molecule has 0 saturated heterocycles. The molecular formula is C16H14Cl2N2O2. The van der Waals surface area contributed by atoms with Crippen molar-refractivity contribution in [2.24, 2.45) is 0 Å². The molecular weight excluding hydrogens is 323 g/mol. The van der Waals surface area contributed by atoms with Crippen LogP contribution in [0.25, 0.3) is 16.9 Å². The summed E-state index contributed by atoms with van der Waals surface area (Å²) >= 11 is 12.3. The molecule has 0 saturated carbocycles. The molecule has 0 atom stereocenters. The Morgan fingerprint density at radius 1 is 1.27 bits per heavy atom. The first-order valence-electron chi connectivity index (χ1n) is 6.84. The van der Waals surface area contributed by atoms with Crippen molar-refractivity contribution in [3.8, 4) is 17.0 Å². The molecule has 0 aliphatic rings. The number of aliphatic hydroxyl groups is 1. The average Bonchev–Trinajstić information content (AvgIpc) is 2.86. The van der Waals surface area contributed by atoms with Gasteiger partial charge < -0.3 is 9.84 Å². The SMILES string of the molecule is CCOc1ccccc1-c1nc2c(Cl)cc(Cl)cn2c1CO. The van der Waals surface area contributed by atoms with E-state index in [0.29, 0.717) is 39.4 Å². The highest BCUT2D eigenvalue weighted by atomic mass is 35.5. The number of para-hydroxylation sites is 1. The summed E-state index contributed by atoms with van der Waals surface area (Å²) in [7, 11) is 0. The van der Waals surface area contributed by atoms with E-state index < -0.39 is 0 Å². The van der Waals surface area contributed by atoms with Crippen LogP contribution in [0.5, 0.6) is 5.75 Å². The Morgan fingerprint density at radius 3 is 2.77 bits per heavy atom. The van der Waals surface area contributed by atoms with Crippen molar-refractivity contribution in [1.29, 1.82) is 0 Å². The van der Waals surface area contributed by atoms with E-state index in [2.05, 4.69) is 4.98 Å². The van der Waals surface area contributed by atoms with Crippen molar-refractivity contribution in [2.45, 2.75) is 13.5 Å². The fourth-order valence-corrected chi connectivity index (χ4v) is 2.94. The summed E-state index contributed by atoms with van der Waals surface area (Å²) < 4.78 is 7.36. The van der Waals surface area contributed by atoms with Crippen molar-refractivity contribution >= 4 is 28.8 Å². The number of imidazole rings is 1. The van der Waals surface area contributed by atoms with Crippen LogP contribution < -0.4 is 4.74 Å². The van der Waals surface area contributed by atoms with E-state index in [-0.39, 0.29) is 6.61 Å². The predicted molar refractivity (Wildman–Crippen MR) is 87.7 cm³/mol. The van der Waals surface area contributed by atoms with Gasteiger partial charge in [0.1, 0.15) is 5.75 Å². The number of pyridine rings is 1. The lowest BCUT2D eigenvalue weighted by Gasteiger charge is -2.09. The number of nitrogens with zero attached hydrogens (tertiary/aromatic N) is 2. The highest BCUT2D eigenvalue weighted by Crippen LogP contribution is 2.34. The van der Waals surface area contributed by atoms with E-state index in [0.717, 1.165) is 5.56 Å². The van der Waals surface area contributed by atoms with Gasteiger partial charge >= 0.3 is 0 Å². The second kappa shape index (κ2) is 6.16. The van der Waals surface area contributed by atoms with Crippen LogP contribution >= 0.6 is 23.2 Å². The monoisotopic (exact) mass is 336 g/mol. The number of benzene rings is 1. The Labute approximate surface area is 137 Å². The zero-order valence-corrected chi connectivity index (χ0v) is 13.4. The summed E-state index contributed by atoms with van der Waals surface area (Å²) in [5.41, 5.74) is 2.61. The van der Waals surface area contributed by atoms with Crippen LogP contribution in [0.2, 0.25) is 10.0 Å². The van der Waals surface area contributed by atoms with Crippen LogP contribution in [-0.4, -0.2) is 21.1 Å². The Morgan fingerprint density at radius 2 is 2.05 bits per heavy atom. The average molecular weight is 337 g/mol. The number of ether oxygens (including phenoxy) is 1. The summed E-state index contributed by atoms with van der Waals surface area (Å²) in [6.45, 7) is 2.28. The molecule has 4 nitrogen and oxygen atoms in total. The summed E-state index contributed by atoms with van der Waals surface area (Å²) in [5, 5.41) is 10.7. The van der Waals surface area contributed by atoms with Gasteiger partial charge in [0.2, 0.25) is 0 Å². The fraction of sp³-hybridized carbons (Fsp3) is 0.188. The van der Waals surface area contributed by atoms with E-state index in [1.807, 2.05) is 31.2 Å². The number of hydrogen-bond acceptors (Lipinski definition) is 3. The topological polar surface area (TPSA) is 46.8 Å². The van der Waals surface area contributed by atoms with E-state index in [1.165, 1.54) is 0 Å². The number of aromatic nitrogens is 2. The van der Waals surface area contributed by atoms with Crippen LogP contribution in [0.15, 0.2) is 36.5 Å². The Kier molecular flexibility index (Phi) is 4.25. The van der Waals surface area contributed by atoms with Gasteiger partial charge in [0.15, 0.2) is 5.65 Å². The van der Waals surface area contributed by atoms with Gasteiger partial charge in [0.05, 0.1) is 34.6 Å². The minimum Gasteiger partial charge on any atom is -0.493 e. The molecule has 22 heavy (non-hydrogen) atoms. The third kappa shape index (κ3) is 2.54. The molecule has 0 radical (unpaired) electrons. The minimum absolute atomic E-state index is 0.187. The Balaban J connectivity index is 2.30. The molecule has 0 aliphatic carbocycles. The zero-order chi connectivity index (χ0) is 15.7. The van der Waals surface area contributed by atoms with E-state index in [4.69, 9.17) is 27.9 Å². The standard InChI is InChI=1S/C16H14Cl2N2O2/c1-2-22-14-6-4-3-5-11(14)15-13(9-21)20-8-10(17)7-12(18)16(20)19-15/h3-8,21H,2,9H2,1H3. The molecule has 1 aromatic carbocycles. The van der Waals surface area contributed by atoms with Gasteiger partial charge in [-0.3, -0.25) is 4.40 Å². The van der Waals surface area contributed by atoms with Crippen molar-refractivity contribution in [3.05, 3.63) is 52.3 Å². The van der Waals surface area contributed by atoms with Gasteiger partial charge in [-0.15, -0.1) is 0 Å². The lowest BCUT2D eigenvalue weighted by molar-refractivity contribution is 0.276. The van der Waals surface area contributed by atoms with Crippen molar-refractivity contribution in [1.82, 2.24) is 9.38 Å². The molecule has 0 aliphatic heterocycles. The van der Waals surface area contributed by atoms with E-state index in [9.17, 15) is 5.11 Å². The first-order valence-corrected chi connectivity index (χ1v) is 7.60. The molecule has 3 aromatic rings. The van der Waals surface area contributed by atoms with Crippen LogP contribution in [0.4, 0.5) is 0 Å². The third-order valence-electron chi connectivity index (χ3n) is 3.33. The first-order chi connectivity index (χ1) is 10.7. The molecule has 114 valence electrons. The number of aliphatic hydroxyl groups excluding tert-OH is 1. The summed E-state index contributed by atoms with van der Waals surface area (Å²) in [6, 6.07) is 9.20. The van der Waals surface area contributed by atoms with E-state index in [1.54, 1.807) is 16.7 Å². The lowest BCUT2D eigenvalue weighted by atomic mass is 10.1. The van der Waals surface area contributed by atoms with Gasteiger partial charge in [0.25, 0.3) is 0 Å². The zero-order valence-electron chi connectivity index (χ0n) is 11.9. The van der Waals surface area contributed by atoms with Crippen LogP contribution in [0.3, 0.4) is 0 Å². The molecule has 6 heteroatoms. The number of halogens is 2. The molecule has 0 bridgehead atoms. The predicted octanol–water partition coefficient (Wildman–Crippen LogP) is 4.20. The van der Waals surface area contributed by atoms with Crippen molar-refractivity contribution < 1.29 is 9.84 Å². The number of fused-ring (bicyclic) bond motifs is 1. The summed E-state index contributed by atoms with van der Waals surface area (Å²) in [6.07, 6.45) is 1.69. The molecule has 2 heterocycles. The molecule has 0 fully saturated rings. The van der Waals surface area contributed by atoms with Gasteiger partial charge in [-0.1, -0.05) is 35.3 Å². The quantitative estimate of drug-likeness (QED) is 0.776. The van der Waals surface area contributed by atoms with Crippen molar-refractivity contribution in [3.63, 3.8) is 0 Å². The normalized spacial score (nSPS) is 11.1. The maximum absolute atomic E-state index is 9.78. The number of hydrogen-bond donors (Lipinski definition) is 1. The highest BCUT2D eigenvalue weighted by molar-refractivity contribution is 6.36. The van der Waals surface area contributed by atoms with Crippen LogP contribution in [0.1, 0.15) is 12.6 Å². The number of rotatable bonds is 4. The Hall–Kier alpha value is -1.75. The van der Waals surface area contributed by atoms with Gasteiger partial charge in [0, 0.05) is 11.8 Å². The van der Waals surface area contributed by atoms with E-state index >= 15 is 0 Å². The lowest BCUT2D eigenvalue weighted by Crippen LogP contribution is -1.97. The molecule has 0 spiro atoms. The smallest absolute Gasteiger partial charge is 0.156 e. The molecule has 0 unspecified atom stereocenters. The first kappa shape index (κ1) is 15.2. The third-order valence-corrected chi connectivity index (χ3v) is 3.82. The van der Waals surface area contributed by atoms with Crippen LogP contribution in [-0.2, 0) is 6.61 Å². The molecule has 2 aromatic heterocycles. The van der Waals surface area contributed by atoms with Crippen LogP contribution in [0, 0.1) is 0 Å². The maximum Gasteiger partial charge on any atom is 0.156 e. The summed E-state index contributed by atoms with van der Waals surface area (Å²) in [4.78, 5) is 4.57. The van der Waals surface area contributed by atoms with Crippen molar-refractivity contribution in [2.75, 3.05) is 6.61 Å². The Bertz CT molecular complexity index is 830. The summed E-state index contributed by atoms with van der Waals surface area (Å²) in [5.74, 6) is 0.713. The molecule has 3 rings (SSSR count). The van der Waals surface area contributed by atoms with Gasteiger partial charge in [-0.25, -0.2) is 4.98 Å². The van der Waals surface area contributed by atoms with Gasteiger partial charge in [-0.05, 0) is 25.1 Å². The molecule has 0 amide bonds. The highest BCUT2D eigenvalue weighted by Gasteiger charge is 2.18. The fourth-order valence-electron chi connectivity index (χ4n) is 2.43.